The molecule has 0 aromatic carbocycles. The van der Waals surface area contributed by atoms with Crippen LogP contribution in [0, 0.1) is 0 Å². The molecule has 3 rings (SSSR count). The molecule has 0 bridgehead atoms. The number of aryl methyl sites for hydroxylation is 1. The number of hydrogen-bond acceptors (Lipinski definition) is 3. The van der Waals surface area contributed by atoms with E-state index >= 15 is 0 Å². The Morgan fingerprint density at radius 3 is 2.88 bits per heavy atom. The van der Waals surface area contributed by atoms with E-state index in [9.17, 15) is 0 Å². The molecule has 6 heteroatoms. The third kappa shape index (κ3) is 1.39. The van der Waals surface area contributed by atoms with Crippen LogP contribution in [0.1, 0.15) is 0 Å². The van der Waals surface area contributed by atoms with Gasteiger partial charge in [-0.05, 0) is 12.1 Å². The first-order chi connectivity index (χ1) is 8.18. The minimum absolute atomic E-state index is 0.561. The fourth-order valence-corrected chi connectivity index (χ4v) is 2.03. The molecular formula is C11H10ClN5. The van der Waals surface area contributed by atoms with Gasteiger partial charge in [0, 0.05) is 13.2 Å². The predicted molar refractivity (Wildman–Crippen MR) is 66.8 cm³/mol. The molecule has 0 aliphatic rings. The molecule has 0 unspecified atom stereocenters. The first-order valence-electron chi connectivity index (χ1n) is 5.07. The SMILES string of the molecule is Cn1cncc1-c1nc2c(Cl)cccn2c1N. The van der Waals surface area contributed by atoms with E-state index in [1.807, 2.05) is 23.9 Å². The van der Waals surface area contributed by atoms with Crippen LogP contribution in [0.2, 0.25) is 5.02 Å². The maximum Gasteiger partial charge on any atom is 0.158 e. The topological polar surface area (TPSA) is 61.1 Å². The number of hydrogen-bond donors (Lipinski definition) is 1. The van der Waals surface area contributed by atoms with Crippen LogP contribution in [0.15, 0.2) is 30.9 Å². The lowest BCUT2D eigenvalue weighted by atomic mass is 10.3. The summed E-state index contributed by atoms with van der Waals surface area (Å²) in [5.41, 5.74) is 8.28. The third-order valence-corrected chi connectivity index (χ3v) is 2.99. The van der Waals surface area contributed by atoms with Gasteiger partial charge in [0.1, 0.15) is 11.5 Å². The van der Waals surface area contributed by atoms with Crippen LogP contribution in [-0.4, -0.2) is 18.9 Å². The lowest BCUT2D eigenvalue weighted by Crippen LogP contribution is -1.96. The number of nitrogens with two attached hydrogens (primary N) is 1. The van der Waals surface area contributed by atoms with E-state index in [-0.39, 0.29) is 0 Å². The molecule has 3 aromatic heterocycles. The van der Waals surface area contributed by atoms with Gasteiger partial charge in [-0.3, -0.25) is 4.40 Å². The Balaban J connectivity index is 2.36. The Hall–Kier alpha value is -2.01. The highest BCUT2D eigenvalue weighted by Crippen LogP contribution is 2.28. The molecule has 0 aliphatic carbocycles. The van der Waals surface area contributed by atoms with Crippen LogP contribution in [0.5, 0.6) is 0 Å². The summed E-state index contributed by atoms with van der Waals surface area (Å²) >= 11 is 6.08. The lowest BCUT2D eigenvalue weighted by Gasteiger charge is -1.99. The average molecular weight is 248 g/mol. The molecule has 2 N–H and O–H groups in total. The summed E-state index contributed by atoms with van der Waals surface area (Å²) in [4.78, 5) is 8.52. The second-order valence-corrected chi connectivity index (χ2v) is 4.19. The molecule has 0 spiro atoms. The van der Waals surface area contributed by atoms with Crippen molar-refractivity contribution in [2.75, 3.05) is 5.73 Å². The highest BCUT2D eigenvalue weighted by atomic mass is 35.5. The summed E-state index contributed by atoms with van der Waals surface area (Å²) in [6.07, 6.45) is 5.27. The van der Waals surface area contributed by atoms with E-state index in [2.05, 4.69) is 9.97 Å². The monoisotopic (exact) mass is 247 g/mol. The standard InChI is InChI=1S/C11H10ClN5/c1-16-6-14-5-8(16)9-10(13)17-4-2-3-7(12)11(17)15-9/h2-6H,13H2,1H3. The number of fused-ring (bicyclic) bond motifs is 1. The highest BCUT2D eigenvalue weighted by molar-refractivity contribution is 6.33. The molecular weight excluding hydrogens is 238 g/mol. The van der Waals surface area contributed by atoms with Crippen molar-refractivity contribution >= 4 is 23.1 Å². The highest BCUT2D eigenvalue weighted by Gasteiger charge is 2.15. The van der Waals surface area contributed by atoms with Gasteiger partial charge in [0.15, 0.2) is 5.65 Å². The number of nitrogen functional groups attached to an aromatic ring is 1. The van der Waals surface area contributed by atoms with Crippen molar-refractivity contribution in [1.29, 1.82) is 0 Å². The van der Waals surface area contributed by atoms with Gasteiger partial charge in [-0.15, -0.1) is 0 Å². The molecule has 0 saturated carbocycles. The van der Waals surface area contributed by atoms with Crippen LogP contribution < -0.4 is 5.73 Å². The van der Waals surface area contributed by atoms with E-state index in [1.165, 1.54) is 0 Å². The summed E-state index contributed by atoms with van der Waals surface area (Å²) in [5.74, 6) is 0.561. The Morgan fingerprint density at radius 1 is 1.41 bits per heavy atom. The van der Waals surface area contributed by atoms with Crippen LogP contribution in [0.25, 0.3) is 17.0 Å². The zero-order valence-electron chi connectivity index (χ0n) is 9.13. The molecule has 5 nitrogen and oxygen atoms in total. The quantitative estimate of drug-likeness (QED) is 0.715. The van der Waals surface area contributed by atoms with Crippen LogP contribution in [-0.2, 0) is 7.05 Å². The fourth-order valence-electron chi connectivity index (χ4n) is 1.83. The van der Waals surface area contributed by atoms with Crippen LogP contribution in [0.3, 0.4) is 0 Å². The smallest absolute Gasteiger partial charge is 0.158 e. The third-order valence-electron chi connectivity index (χ3n) is 2.70. The van der Waals surface area contributed by atoms with Crippen molar-refractivity contribution in [3.05, 3.63) is 35.9 Å². The van der Waals surface area contributed by atoms with Gasteiger partial charge in [0.2, 0.25) is 0 Å². The van der Waals surface area contributed by atoms with E-state index in [1.54, 1.807) is 23.0 Å². The van der Waals surface area contributed by atoms with E-state index in [0.29, 0.717) is 22.2 Å². The van der Waals surface area contributed by atoms with Crippen molar-refractivity contribution in [3.63, 3.8) is 0 Å². The minimum atomic E-state index is 0.561. The maximum absolute atomic E-state index is 6.08. The normalized spacial score (nSPS) is 11.2. The number of pyridine rings is 1. The van der Waals surface area contributed by atoms with E-state index in [4.69, 9.17) is 17.3 Å². The zero-order chi connectivity index (χ0) is 12.0. The van der Waals surface area contributed by atoms with Crippen molar-refractivity contribution in [2.45, 2.75) is 0 Å². The Labute approximate surface area is 102 Å². The van der Waals surface area contributed by atoms with E-state index < -0.39 is 0 Å². The average Bonchev–Trinajstić information content (AvgIpc) is 2.85. The molecule has 0 aliphatic heterocycles. The molecule has 3 aromatic rings. The van der Waals surface area contributed by atoms with Crippen molar-refractivity contribution < 1.29 is 0 Å². The van der Waals surface area contributed by atoms with Gasteiger partial charge in [0.25, 0.3) is 0 Å². The summed E-state index contributed by atoms with van der Waals surface area (Å²) < 4.78 is 3.64. The predicted octanol–water partition coefficient (Wildman–Crippen LogP) is 1.97. The lowest BCUT2D eigenvalue weighted by molar-refractivity contribution is 0.918. The Kier molecular flexibility index (Phi) is 2.09. The van der Waals surface area contributed by atoms with Crippen molar-refractivity contribution in [2.24, 2.45) is 7.05 Å². The number of anilines is 1. The van der Waals surface area contributed by atoms with Gasteiger partial charge in [0.05, 0.1) is 23.2 Å². The van der Waals surface area contributed by atoms with Gasteiger partial charge in [-0.1, -0.05) is 11.6 Å². The van der Waals surface area contributed by atoms with Crippen molar-refractivity contribution in [1.82, 2.24) is 18.9 Å². The molecule has 86 valence electrons. The fraction of sp³-hybridized carbons (Fsp3) is 0.0909. The van der Waals surface area contributed by atoms with E-state index in [0.717, 1.165) is 5.69 Å². The molecule has 0 radical (unpaired) electrons. The first kappa shape index (κ1) is 10.2. The molecule has 0 atom stereocenters. The second kappa shape index (κ2) is 3.49. The number of aromatic nitrogens is 4. The van der Waals surface area contributed by atoms with Gasteiger partial charge < -0.3 is 10.3 Å². The number of halogens is 1. The summed E-state index contributed by atoms with van der Waals surface area (Å²) in [5, 5.41) is 0.576. The van der Waals surface area contributed by atoms with Gasteiger partial charge in [-0.25, -0.2) is 9.97 Å². The number of nitrogens with zero attached hydrogens (tertiary/aromatic N) is 4. The number of rotatable bonds is 1. The maximum atomic E-state index is 6.08. The molecule has 0 saturated heterocycles. The zero-order valence-corrected chi connectivity index (χ0v) is 9.89. The summed E-state index contributed by atoms with van der Waals surface area (Å²) in [6, 6.07) is 3.62. The summed E-state index contributed by atoms with van der Waals surface area (Å²) in [6.45, 7) is 0. The largest absolute Gasteiger partial charge is 0.383 e. The van der Waals surface area contributed by atoms with Gasteiger partial charge >= 0.3 is 0 Å². The van der Waals surface area contributed by atoms with Crippen LogP contribution >= 0.6 is 11.6 Å². The van der Waals surface area contributed by atoms with Crippen molar-refractivity contribution in [3.8, 4) is 11.4 Å². The molecule has 3 heterocycles. The van der Waals surface area contributed by atoms with Gasteiger partial charge in [-0.2, -0.15) is 0 Å². The Bertz CT molecular complexity index is 697. The second-order valence-electron chi connectivity index (χ2n) is 3.79. The number of imidazole rings is 2. The van der Waals surface area contributed by atoms with Crippen LogP contribution in [0.4, 0.5) is 5.82 Å². The Morgan fingerprint density at radius 2 is 2.24 bits per heavy atom. The molecule has 17 heavy (non-hydrogen) atoms. The first-order valence-corrected chi connectivity index (χ1v) is 5.45. The minimum Gasteiger partial charge on any atom is -0.383 e. The summed E-state index contributed by atoms with van der Waals surface area (Å²) in [7, 11) is 1.90. The molecule has 0 amide bonds. The molecule has 0 fully saturated rings.